The second-order valence-electron chi connectivity index (χ2n) is 5.71. The Morgan fingerprint density at radius 3 is 2.22 bits per heavy atom. The van der Waals surface area contributed by atoms with Crippen LogP contribution in [0, 0.1) is 0 Å². The highest BCUT2D eigenvalue weighted by molar-refractivity contribution is 7.92. The van der Waals surface area contributed by atoms with Crippen molar-refractivity contribution >= 4 is 27.3 Å². The van der Waals surface area contributed by atoms with Crippen LogP contribution in [0.15, 0.2) is 48.5 Å². The summed E-state index contributed by atoms with van der Waals surface area (Å²) >= 11 is 0. The summed E-state index contributed by atoms with van der Waals surface area (Å²) in [6, 6.07) is 13.5. The Labute approximate surface area is 160 Å². The Balaban J connectivity index is 2.14. The van der Waals surface area contributed by atoms with E-state index in [0.29, 0.717) is 36.1 Å². The van der Waals surface area contributed by atoms with E-state index in [4.69, 9.17) is 9.47 Å². The number of carbonyl (C=O) groups excluding carboxylic acids is 1. The van der Waals surface area contributed by atoms with Gasteiger partial charge in [-0.25, -0.2) is 8.42 Å². The van der Waals surface area contributed by atoms with Crippen molar-refractivity contribution in [3.05, 3.63) is 48.5 Å². The normalized spacial score (nSPS) is 10.9. The first-order valence-corrected chi connectivity index (χ1v) is 10.4. The van der Waals surface area contributed by atoms with Gasteiger partial charge < -0.3 is 14.8 Å². The number of anilines is 2. The molecule has 0 bridgehead atoms. The molecule has 0 aliphatic heterocycles. The van der Waals surface area contributed by atoms with Crippen molar-refractivity contribution in [1.29, 1.82) is 0 Å². The molecule has 2 rings (SSSR count). The first-order valence-electron chi connectivity index (χ1n) is 8.56. The number of ether oxygens (including phenoxy) is 2. The van der Waals surface area contributed by atoms with Crippen LogP contribution in [0.3, 0.4) is 0 Å². The highest BCUT2D eigenvalue weighted by atomic mass is 32.2. The van der Waals surface area contributed by atoms with Gasteiger partial charge in [-0.15, -0.1) is 0 Å². The smallest absolute Gasteiger partial charge is 0.245 e. The number of amides is 1. The minimum Gasteiger partial charge on any atom is -0.494 e. The van der Waals surface area contributed by atoms with E-state index < -0.39 is 15.9 Å². The van der Waals surface area contributed by atoms with E-state index in [2.05, 4.69) is 5.32 Å². The summed E-state index contributed by atoms with van der Waals surface area (Å²) in [7, 11) is -3.65. The quantitative estimate of drug-likeness (QED) is 0.709. The van der Waals surface area contributed by atoms with Gasteiger partial charge in [-0.3, -0.25) is 9.10 Å². The third kappa shape index (κ3) is 6.18. The maximum Gasteiger partial charge on any atom is 0.245 e. The van der Waals surface area contributed by atoms with Crippen molar-refractivity contribution in [2.75, 3.05) is 35.6 Å². The van der Waals surface area contributed by atoms with Crippen LogP contribution in [0.1, 0.15) is 13.8 Å². The van der Waals surface area contributed by atoms with Gasteiger partial charge in [-0.05, 0) is 50.2 Å². The zero-order valence-corrected chi connectivity index (χ0v) is 16.5. The van der Waals surface area contributed by atoms with Gasteiger partial charge in [0.2, 0.25) is 15.9 Å². The molecule has 146 valence electrons. The first kappa shape index (κ1) is 20.6. The maximum absolute atomic E-state index is 12.4. The van der Waals surface area contributed by atoms with Crippen LogP contribution in [0.5, 0.6) is 11.5 Å². The molecule has 2 aromatic carbocycles. The summed E-state index contributed by atoms with van der Waals surface area (Å²) in [4.78, 5) is 12.4. The lowest BCUT2D eigenvalue weighted by Crippen LogP contribution is -2.37. The van der Waals surface area contributed by atoms with E-state index in [-0.39, 0.29) is 6.54 Å². The van der Waals surface area contributed by atoms with Crippen molar-refractivity contribution < 1.29 is 22.7 Å². The molecular weight excluding hydrogens is 368 g/mol. The molecule has 0 spiro atoms. The largest absolute Gasteiger partial charge is 0.494 e. The van der Waals surface area contributed by atoms with Gasteiger partial charge in [0.05, 0.1) is 25.2 Å². The molecule has 0 unspecified atom stereocenters. The Morgan fingerprint density at radius 1 is 1.00 bits per heavy atom. The number of hydrogen-bond donors (Lipinski definition) is 1. The monoisotopic (exact) mass is 392 g/mol. The van der Waals surface area contributed by atoms with Gasteiger partial charge in [0.25, 0.3) is 0 Å². The molecule has 8 heteroatoms. The number of carbonyl (C=O) groups is 1. The zero-order valence-electron chi connectivity index (χ0n) is 15.6. The molecule has 0 saturated carbocycles. The maximum atomic E-state index is 12.4. The van der Waals surface area contributed by atoms with Gasteiger partial charge in [0, 0.05) is 11.8 Å². The Bertz CT molecular complexity index is 866. The molecular formula is C19H24N2O5S. The summed E-state index contributed by atoms with van der Waals surface area (Å²) in [5.41, 5.74) is 0.922. The van der Waals surface area contributed by atoms with Crippen LogP contribution in [0.4, 0.5) is 11.4 Å². The lowest BCUT2D eigenvalue weighted by atomic mass is 10.3. The van der Waals surface area contributed by atoms with Crippen molar-refractivity contribution in [3.63, 3.8) is 0 Å². The predicted octanol–water partition coefficient (Wildman–Crippen LogP) is 2.89. The molecule has 0 atom stereocenters. The summed E-state index contributed by atoms with van der Waals surface area (Å²) in [5, 5.41) is 2.69. The fourth-order valence-electron chi connectivity index (χ4n) is 2.43. The second-order valence-corrected chi connectivity index (χ2v) is 7.61. The summed E-state index contributed by atoms with van der Waals surface area (Å²) in [6.45, 7) is 4.39. The topological polar surface area (TPSA) is 84.9 Å². The van der Waals surface area contributed by atoms with Crippen molar-refractivity contribution in [2.45, 2.75) is 13.8 Å². The average Bonchev–Trinajstić information content (AvgIpc) is 2.61. The lowest BCUT2D eigenvalue weighted by Gasteiger charge is -2.22. The van der Waals surface area contributed by atoms with Crippen LogP contribution in [-0.4, -0.2) is 40.3 Å². The minimum absolute atomic E-state index is 0.346. The van der Waals surface area contributed by atoms with Gasteiger partial charge >= 0.3 is 0 Å². The molecule has 0 radical (unpaired) electrons. The molecule has 0 aliphatic carbocycles. The molecule has 0 aliphatic rings. The third-order valence-corrected chi connectivity index (χ3v) is 4.69. The van der Waals surface area contributed by atoms with E-state index in [1.165, 1.54) is 0 Å². The highest BCUT2D eigenvalue weighted by Crippen LogP contribution is 2.23. The molecule has 0 heterocycles. The predicted molar refractivity (Wildman–Crippen MR) is 106 cm³/mol. The molecule has 2 aromatic rings. The number of nitrogens with one attached hydrogen (secondary N) is 1. The van der Waals surface area contributed by atoms with Gasteiger partial charge in [0.1, 0.15) is 18.0 Å². The fourth-order valence-corrected chi connectivity index (χ4v) is 3.28. The zero-order chi connectivity index (χ0) is 19.9. The molecule has 1 N–H and O–H groups in total. The average molecular weight is 392 g/mol. The van der Waals surface area contributed by atoms with E-state index in [1.807, 2.05) is 13.8 Å². The van der Waals surface area contributed by atoms with Crippen LogP contribution >= 0.6 is 0 Å². The molecule has 0 saturated heterocycles. The van der Waals surface area contributed by atoms with Crippen molar-refractivity contribution in [3.8, 4) is 11.5 Å². The Kier molecular flexibility index (Phi) is 7.06. The lowest BCUT2D eigenvalue weighted by molar-refractivity contribution is -0.114. The van der Waals surface area contributed by atoms with Crippen molar-refractivity contribution in [1.82, 2.24) is 0 Å². The molecule has 0 fully saturated rings. The molecule has 7 nitrogen and oxygen atoms in total. The van der Waals surface area contributed by atoms with E-state index >= 15 is 0 Å². The van der Waals surface area contributed by atoms with E-state index in [1.54, 1.807) is 48.5 Å². The number of nitrogens with zero attached hydrogens (tertiary/aromatic N) is 1. The third-order valence-electron chi connectivity index (χ3n) is 3.55. The fraction of sp³-hybridized carbons (Fsp3) is 0.316. The highest BCUT2D eigenvalue weighted by Gasteiger charge is 2.21. The van der Waals surface area contributed by atoms with Gasteiger partial charge in [-0.1, -0.05) is 6.07 Å². The van der Waals surface area contributed by atoms with Gasteiger partial charge in [-0.2, -0.15) is 0 Å². The summed E-state index contributed by atoms with van der Waals surface area (Å²) in [6.07, 6.45) is 1.06. The Hall–Kier alpha value is -2.74. The number of benzene rings is 2. The number of rotatable bonds is 9. The summed E-state index contributed by atoms with van der Waals surface area (Å²) in [5.74, 6) is 0.781. The minimum atomic E-state index is -3.65. The summed E-state index contributed by atoms with van der Waals surface area (Å²) < 4.78 is 36.2. The standard InChI is InChI=1S/C19H24N2O5S/c1-4-25-17-11-9-15(10-12-17)20-19(22)14-21(27(3,23)24)16-7-6-8-18(13-16)26-5-2/h6-13H,4-5,14H2,1-3H3,(H,20,22). The second kappa shape index (κ2) is 9.27. The molecule has 1 amide bonds. The Morgan fingerprint density at radius 2 is 1.63 bits per heavy atom. The number of sulfonamides is 1. The molecule has 27 heavy (non-hydrogen) atoms. The SMILES string of the molecule is CCOc1ccc(NC(=O)CN(c2cccc(OCC)c2)S(C)(=O)=O)cc1. The number of hydrogen-bond acceptors (Lipinski definition) is 5. The van der Waals surface area contributed by atoms with Gasteiger partial charge in [0.15, 0.2) is 0 Å². The van der Waals surface area contributed by atoms with Crippen molar-refractivity contribution in [2.24, 2.45) is 0 Å². The van der Waals surface area contributed by atoms with E-state index in [0.717, 1.165) is 10.6 Å². The van der Waals surface area contributed by atoms with Crippen LogP contribution in [-0.2, 0) is 14.8 Å². The first-order chi connectivity index (χ1) is 12.8. The van der Waals surface area contributed by atoms with Crippen LogP contribution in [0.2, 0.25) is 0 Å². The van der Waals surface area contributed by atoms with Crippen LogP contribution in [0.25, 0.3) is 0 Å². The van der Waals surface area contributed by atoms with Crippen LogP contribution < -0.4 is 19.1 Å². The van der Waals surface area contributed by atoms with E-state index in [9.17, 15) is 13.2 Å². The molecule has 0 aromatic heterocycles.